The highest BCUT2D eigenvalue weighted by molar-refractivity contribution is 7.86. The second kappa shape index (κ2) is 5.86. The molecule has 0 aromatic rings. The van der Waals surface area contributed by atoms with Gasteiger partial charge in [-0.05, 0) is 13.5 Å². The topological polar surface area (TPSA) is 67.3 Å². The van der Waals surface area contributed by atoms with Gasteiger partial charge in [0.1, 0.15) is 0 Å². The zero-order chi connectivity index (χ0) is 15.0. The van der Waals surface area contributed by atoms with Crippen LogP contribution in [-0.2, 0) is 10.2 Å². The average molecular weight is 306 g/mol. The number of hydrogen-bond donors (Lipinski definition) is 1. The van der Waals surface area contributed by atoms with Gasteiger partial charge in [0, 0.05) is 59.9 Å². The number of piperazine rings is 1. The summed E-state index contributed by atoms with van der Waals surface area (Å²) in [5, 5.41) is 10.6. The lowest BCUT2D eigenvalue weighted by atomic mass is 10.0. The van der Waals surface area contributed by atoms with Crippen LogP contribution in [0.15, 0.2) is 0 Å². The van der Waals surface area contributed by atoms with Crippen molar-refractivity contribution in [1.29, 1.82) is 0 Å². The van der Waals surface area contributed by atoms with E-state index in [2.05, 4.69) is 16.8 Å². The molecule has 0 spiro atoms. The van der Waals surface area contributed by atoms with Crippen molar-refractivity contribution in [3.63, 3.8) is 0 Å². The minimum Gasteiger partial charge on any atom is -0.387 e. The normalized spacial score (nSPS) is 31.2. The number of hydrogen-bond acceptors (Lipinski definition) is 5. The molecule has 0 amide bonds. The van der Waals surface area contributed by atoms with Gasteiger partial charge in [-0.2, -0.15) is 17.0 Å². The molecule has 2 heterocycles. The molecule has 2 aliphatic rings. The number of rotatable bonds is 4. The Labute approximate surface area is 121 Å². The van der Waals surface area contributed by atoms with E-state index in [1.807, 2.05) is 0 Å². The molecule has 1 N–H and O–H groups in total. The Balaban J connectivity index is 1.93. The van der Waals surface area contributed by atoms with E-state index in [0.29, 0.717) is 19.5 Å². The Kier molecular flexibility index (Phi) is 4.73. The van der Waals surface area contributed by atoms with E-state index < -0.39 is 15.8 Å². The van der Waals surface area contributed by atoms with Gasteiger partial charge in [0.2, 0.25) is 0 Å². The molecule has 2 saturated heterocycles. The van der Waals surface area contributed by atoms with Gasteiger partial charge in [-0.3, -0.25) is 4.90 Å². The number of aliphatic hydroxyl groups is 1. The number of nitrogens with zero attached hydrogens (tertiary/aromatic N) is 4. The Hall–Kier alpha value is -0.250. The van der Waals surface area contributed by atoms with Gasteiger partial charge in [-0.15, -0.1) is 0 Å². The SMILES string of the molecule is CN1CCN(C[C@@]2(O)CCN(S(=O)(=O)N(C)C)C2)CC1. The largest absolute Gasteiger partial charge is 0.387 e. The van der Waals surface area contributed by atoms with Crippen LogP contribution in [0.3, 0.4) is 0 Å². The van der Waals surface area contributed by atoms with Gasteiger partial charge in [-0.25, -0.2) is 0 Å². The molecule has 7 nitrogen and oxygen atoms in total. The van der Waals surface area contributed by atoms with Crippen LogP contribution in [0.5, 0.6) is 0 Å². The molecule has 2 rings (SSSR count). The number of β-amino-alcohol motifs (C(OH)–C–C–N with tert-alkyl or cyclic N) is 1. The van der Waals surface area contributed by atoms with Crippen LogP contribution in [0.25, 0.3) is 0 Å². The van der Waals surface area contributed by atoms with Crippen molar-refractivity contribution < 1.29 is 13.5 Å². The zero-order valence-corrected chi connectivity index (χ0v) is 13.4. The summed E-state index contributed by atoms with van der Waals surface area (Å²) in [6.07, 6.45) is 0.506. The van der Waals surface area contributed by atoms with Gasteiger partial charge >= 0.3 is 0 Å². The summed E-state index contributed by atoms with van der Waals surface area (Å²) in [4.78, 5) is 4.49. The first-order valence-corrected chi connectivity index (χ1v) is 8.43. The van der Waals surface area contributed by atoms with E-state index in [4.69, 9.17) is 0 Å². The molecule has 2 fully saturated rings. The summed E-state index contributed by atoms with van der Waals surface area (Å²) < 4.78 is 26.7. The van der Waals surface area contributed by atoms with Crippen LogP contribution >= 0.6 is 0 Å². The van der Waals surface area contributed by atoms with Crippen LogP contribution in [-0.4, -0.2) is 104 Å². The molecule has 0 aromatic heterocycles. The highest BCUT2D eigenvalue weighted by atomic mass is 32.2. The maximum atomic E-state index is 12.1. The molecular weight excluding hydrogens is 280 g/mol. The van der Waals surface area contributed by atoms with Gasteiger partial charge in [0.05, 0.1) is 5.60 Å². The van der Waals surface area contributed by atoms with Crippen LogP contribution in [0.1, 0.15) is 6.42 Å². The fraction of sp³-hybridized carbons (Fsp3) is 1.00. The quantitative estimate of drug-likeness (QED) is 0.683. The molecule has 118 valence electrons. The second-order valence-electron chi connectivity index (χ2n) is 6.18. The number of likely N-dealkylation sites (N-methyl/N-ethyl adjacent to an activating group) is 1. The summed E-state index contributed by atoms with van der Waals surface area (Å²) in [6, 6.07) is 0. The molecule has 0 bridgehead atoms. The molecule has 0 unspecified atom stereocenters. The van der Waals surface area contributed by atoms with Gasteiger partial charge in [-0.1, -0.05) is 0 Å². The van der Waals surface area contributed by atoms with Gasteiger partial charge in [0.25, 0.3) is 10.2 Å². The minimum absolute atomic E-state index is 0.194. The summed E-state index contributed by atoms with van der Waals surface area (Å²) in [6.45, 7) is 4.99. The molecule has 2 aliphatic heterocycles. The molecule has 0 aromatic carbocycles. The summed E-state index contributed by atoms with van der Waals surface area (Å²) in [5.41, 5.74) is -0.918. The maximum absolute atomic E-state index is 12.1. The molecule has 1 atom stereocenters. The first-order chi connectivity index (χ1) is 9.23. The average Bonchev–Trinajstić information content (AvgIpc) is 2.75. The Morgan fingerprint density at radius 3 is 2.30 bits per heavy atom. The molecular formula is C12H26N4O3S. The lowest BCUT2D eigenvalue weighted by molar-refractivity contribution is 0.00406. The van der Waals surface area contributed by atoms with Gasteiger partial charge < -0.3 is 10.0 Å². The molecule has 20 heavy (non-hydrogen) atoms. The standard InChI is InChI=1S/C12H26N4O3S/c1-13(2)20(18,19)16-5-4-12(17,11-16)10-15-8-6-14(3)7-9-15/h17H,4-11H2,1-3H3/t12-/m0/s1. The van der Waals surface area contributed by atoms with Crippen LogP contribution in [0, 0.1) is 0 Å². The van der Waals surface area contributed by atoms with Crippen molar-refractivity contribution in [3.05, 3.63) is 0 Å². The van der Waals surface area contributed by atoms with Crippen molar-refractivity contribution in [2.75, 3.05) is 67.0 Å². The highest BCUT2D eigenvalue weighted by Gasteiger charge is 2.43. The smallest absolute Gasteiger partial charge is 0.281 e. The van der Waals surface area contributed by atoms with Gasteiger partial charge in [0.15, 0.2) is 0 Å². The molecule has 0 aliphatic carbocycles. The molecule has 0 radical (unpaired) electrons. The third-order valence-corrected chi connectivity index (χ3v) is 6.09. The second-order valence-corrected chi connectivity index (χ2v) is 8.32. The third-order valence-electron chi connectivity index (χ3n) is 4.20. The van der Waals surface area contributed by atoms with Crippen LogP contribution in [0.2, 0.25) is 0 Å². The maximum Gasteiger partial charge on any atom is 0.281 e. The first-order valence-electron chi connectivity index (χ1n) is 7.04. The Bertz CT molecular complexity index is 434. The van der Waals surface area contributed by atoms with E-state index in [1.165, 1.54) is 22.7 Å². The monoisotopic (exact) mass is 306 g/mol. The van der Waals surface area contributed by atoms with E-state index in [9.17, 15) is 13.5 Å². The van der Waals surface area contributed by atoms with Crippen LogP contribution in [0.4, 0.5) is 0 Å². The van der Waals surface area contributed by atoms with Crippen molar-refractivity contribution in [1.82, 2.24) is 18.4 Å². The predicted octanol–water partition coefficient (Wildman–Crippen LogP) is -1.52. The summed E-state index contributed by atoms with van der Waals surface area (Å²) >= 11 is 0. The van der Waals surface area contributed by atoms with Crippen molar-refractivity contribution in [3.8, 4) is 0 Å². The first kappa shape index (κ1) is 16.1. The van der Waals surface area contributed by atoms with Crippen LogP contribution < -0.4 is 0 Å². The highest BCUT2D eigenvalue weighted by Crippen LogP contribution is 2.25. The van der Waals surface area contributed by atoms with E-state index >= 15 is 0 Å². The van der Waals surface area contributed by atoms with E-state index in [-0.39, 0.29) is 6.54 Å². The lowest BCUT2D eigenvalue weighted by Gasteiger charge is -2.36. The Morgan fingerprint density at radius 1 is 1.15 bits per heavy atom. The van der Waals surface area contributed by atoms with Crippen molar-refractivity contribution >= 4 is 10.2 Å². The predicted molar refractivity (Wildman–Crippen MR) is 77.7 cm³/mol. The Morgan fingerprint density at radius 2 is 1.75 bits per heavy atom. The summed E-state index contributed by atoms with van der Waals surface area (Å²) in [7, 11) is 1.71. The fourth-order valence-electron chi connectivity index (χ4n) is 2.80. The minimum atomic E-state index is -3.42. The van der Waals surface area contributed by atoms with E-state index in [0.717, 1.165) is 26.2 Å². The van der Waals surface area contributed by atoms with Crippen molar-refractivity contribution in [2.24, 2.45) is 0 Å². The fourth-order valence-corrected chi connectivity index (χ4v) is 3.99. The third kappa shape index (κ3) is 3.49. The lowest BCUT2D eigenvalue weighted by Crippen LogP contribution is -2.52. The zero-order valence-electron chi connectivity index (χ0n) is 12.6. The van der Waals surface area contributed by atoms with E-state index in [1.54, 1.807) is 0 Å². The summed E-state index contributed by atoms with van der Waals surface area (Å²) in [5.74, 6) is 0. The molecule has 0 saturated carbocycles. The van der Waals surface area contributed by atoms with Crippen molar-refractivity contribution in [2.45, 2.75) is 12.0 Å². The molecule has 8 heteroatoms.